The fourth-order valence-electron chi connectivity index (χ4n) is 4.95. The van der Waals surface area contributed by atoms with Crippen LogP contribution in [-0.2, 0) is 9.59 Å². The summed E-state index contributed by atoms with van der Waals surface area (Å²) in [6.45, 7) is 3.99. The maximum Gasteiger partial charge on any atom is 0.573 e. The highest BCUT2D eigenvalue weighted by atomic mass is 35.5. The van der Waals surface area contributed by atoms with E-state index in [1.54, 1.807) is 27.7 Å². The second kappa shape index (κ2) is 9.45. The SMILES string of the molecule is CC1C(=O)N(CCCC(=O)N2CCC3(CC3)C(O)C2)CCN1c1ccc(Cl)c(OC(F)(F)F)c1. The zero-order chi connectivity index (χ0) is 24.7. The number of carbonyl (C=O) groups excluding carboxylic acids is 2. The first-order valence-corrected chi connectivity index (χ1v) is 11.9. The van der Waals surface area contributed by atoms with E-state index in [-0.39, 0.29) is 22.3 Å². The number of benzene rings is 1. The average molecular weight is 504 g/mol. The lowest BCUT2D eigenvalue weighted by Crippen LogP contribution is -2.56. The third-order valence-electron chi connectivity index (χ3n) is 7.26. The number of piperazine rings is 1. The number of halogens is 4. The van der Waals surface area contributed by atoms with Crippen molar-refractivity contribution in [3.8, 4) is 5.75 Å². The van der Waals surface area contributed by atoms with Crippen LogP contribution in [0.3, 0.4) is 0 Å². The Morgan fingerprint density at radius 1 is 1.24 bits per heavy atom. The summed E-state index contributed by atoms with van der Waals surface area (Å²) in [5, 5.41) is 10.1. The van der Waals surface area contributed by atoms with Crippen molar-refractivity contribution in [2.24, 2.45) is 5.41 Å². The van der Waals surface area contributed by atoms with E-state index in [1.807, 2.05) is 0 Å². The molecule has 0 radical (unpaired) electrons. The molecule has 2 amide bonds. The minimum atomic E-state index is -4.87. The van der Waals surface area contributed by atoms with E-state index in [4.69, 9.17) is 11.6 Å². The molecular formula is C23H29ClF3N3O4. The Labute approximate surface area is 201 Å². The van der Waals surface area contributed by atoms with Gasteiger partial charge in [-0.15, -0.1) is 13.2 Å². The smallest absolute Gasteiger partial charge is 0.404 e. The van der Waals surface area contributed by atoms with Crippen LogP contribution in [0.2, 0.25) is 5.02 Å². The van der Waals surface area contributed by atoms with Gasteiger partial charge in [0.1, 0.15) is 11.8 Å². The number of hydrogen-bond acceptors (Lipinski definition) is 5. The molecule has 2 saturated heterocycles. The third kappa shape index (κ3) is 5.38. The molecule has 0 aromatic heterocycles. The number of β-amino-alcohol motifs (C(OH)–C–C–N with tert-alkyl or cyclic N) is 1. The van der Waals surface area contributed by atoms with Crippen LogP contribution in [0.25, 0.3) is 0 Å². The number of anilines is 1. The number of alkyl halides is 3. The second-order valence-electron chi connectivity index (χ2n) is 9.43. The predicted molar refractivity (Wildman–Crippen MR) is 120 cm³/mol. The summed E-state index contributed by atoms with van der Waals surface area (Å²) in [6.07, 6.45) is -1.58. The van der Waals surface area contributed by atoms with E-state index in [1.165, 1.54) is 12.1 Å². The van der Waals surface area contributed by atoms with Gasteiger partial charge in [-0.05, 0) is 50.2 Å². The molecule has 2 unspecified atom stereocenters. The van der Waals surface area contributed by atoms with Gasteiger partial charge in [-0.3, -0.25) is 9.59 Å². The third-order valence-corrected chi connectivity index (χ3v) is 7.58. The van der Waals surface area contributed by atoms with Gasteiger partial charge in [-0.25, -0.2) is 0 Å². The van der Waals surface area contributed by atoms with Crippen molar-refractivity contribution in [1.29, 1.82) is 0 Å². The van der Waals surface area contributed by atoms with Crippen LogP contribution in [0, 0.1) is 5.41 Å². The molecular weight excluding hydrogens is 475 g/mol. The van der Waals surface area contributed by atoms with Crippen molar-refractivity contribution in [3.63, 3.8) is 0 Å². The maximum atomic E-state index is 12.9. The van der Waals surface area contributed by atoms with Crippen molar-refractivity contribution in [2.45, 2.75) is 57.5 Å². The Kier molecular flexibility index (Phi) is 6.92. The molecule has 2 atom stereocenters. The van der Waals surface area contributed by atoms with Gasteiger partial charge in [-0.2, -0.15) is 0 Å². The lowest BCUT2D eigenvalue weighted by molar-refractivity contribution is -0.274. The molecule has 1 saturated carbocycles. The van der Waals surface area contributed by atoms with E-state index in [2.05, 4.69) is 4.74 Å². The number of likely N-dealkylation sites (tertiary alicyclic amines) is 1. The Bertz CT molecular complexity index is 941. The molecule has 188 valence electrons. The van der Waals surface area contributed by atoms with Crippen LogP contribution < -0.4 is 9.64 Å². The zero-order valence-corrected chi connectivity index (χ0v) is 19.7. The highest BCUT2D eigenvalue weighted by molar-refractivity contribution is 6.32. The van der Waals surface area contributed by atoms with E-state index in [9.17, 15) is 27.9 Å². The Morgan fingerprint density at radius 2 is 1.97 bits per heavy atom. The Balaban J connectivity index is 1.28. The summed E-state index contributed by atoms with van der Waals surface area (Å²) < 4.78 is 41.9. The van der Waals surface area contributed by atoms with Gasteiger partial charge in [0.25, 0.3) is 0 Å². The largest absolute Gasteiger partial charge is 0.573 e. The first-order valence-electron chi connectivity index (χ1n) is 11.6. The Hall–Kier alpha value is -2.20. The lowest BCUT2D eigenvalue weighted by Gasteiger charge is -2.40. The normalized spacial score (nSPS) is 24.5. The van der Waals surface area contributed by atoms with Crippen molar-refractivity contribution >= 4 is 29.1 Å². The van der Waals surface area contributed by atoms with Crippen LogP contribution in [-0.4, -0.2) is 78.0 Å². The first kappa shape index (κ1) is 24.9. The summed E-state index contributed by atoms with van der Waals surface area (Å²) >= 11 is 5.83. The first-order chi connectivity index (χ1) is 16.0. The molecule has 11 heteroatoms. The second-order valence-corrected chi connectivity index (χ2v) is 9.84. The maximum absolute atomic E-state index is 12.9. The summed E-state index contributed by atoms with van der Waals surface area (Å²) in [5.41, 5.74) is 0.458. The molecule has 7 nitrogen and oxygen atoms in total. The minimum absolute atomic E-state index is 0.00737. The molecule has 3 fully saturated rings. The van der Waals surface area contributed by atoms with Gasteiger partial charge in [0, 0.05) is 50.9 Å². The fourth-order valence-corrected chi connectivity index (χ4v) is 5.10. The summed E-state index contributed by atoms with van der Waals surface area (Å²) in [6, 6.07) is 3.47. The van der Waals surface area contributed by atoms with Crippen molar-refractivity contribution in [2.75, 3.05) is 37.6 Å². The number of piperidine rings is 1. The quantitative estimate of drug-likeness (QED) is 0.644. The van der Waals surface area contributed by atoms with Gasteiger partial charge in [0.05, 0.1) is 11.1 Å². The molecule has 2 heterocycles. The molecule has 4 rings (SSSR count). The van der Waals surface area contributed by atoms with Crippen molar-refractivity contribution < 1.29 is 32.6 Å². The molecule has 1 aromatic carbocycles. The molecule has 2 aliphatic heterocycles. The number of nitrogens with zero attached hydrogens (tertiary/aromatic N) is 3. The van der Waals surface area contributed by atoms with Gasteiger partial charge >= 0.3 is 6.36 Å². The summed E-state index contributed by atoms with van der Waals surface area (Å²) in [4.78, 5) is 30.6. The molecule has 34 heavy (non-hydrogen) atoms. The van der Waals surface area contributed by atoms with Gasteiger partial charge < -0.3 is 24.5 Å². The highest BCUT2D eigenvalue weighted by Crippen LogP contribution is 2.53. The van der Waals surface area contributed by atoms with Gasteiger partial charge in [-0.1, -0.05) is 11.6 Å². The number of rotatable bonds is 6. The van der Waals surface area contributed by atoms with Gasteiger partial charge in [0.2, 0.25) is 11.8 Å². The van der Waals surface area contributed by atoms with Crippen LogP contribution in [0.15, 0.2) is 18.2 Å². The van der Waals surface area contributed by atoms with Gasteiger partial charge in [0.15, 0.2) is 0 Å². The highest BCUT2D eigenvalue weighted by Gasteiger charge is 2.51. The van der Waals surface area contributed by atoms with E-state index in [0.29, 0.717) is 51.3 Å². The van der Waals surface area contributed by atoms with Crippen molar-refractivity contribution in [3.05, 3.63) is 23.2 Å². The number of ether oxygens (including phenoxy) is 1. The number of aliphatic hydroxyl groups is 1. The van der Waals surface area contributed by atoms with Crippen LogP contribution in [0.5, 0.6) is 5.75 Å². The summed E-state index contributed by atoms with van der Waals surface area (Å²) in [7, 11) is 0. The molecule has 1 N–H and O–H groups in total. The fraction of sp³-hybridized carbons (Fsp3) is 0.652. The number of hydrogen-bond donors (Lipinski definition) is 1. The van der Waals surface area contributed by atoms with Crippen LogP contribution in [0.1, 0.15) is 39.0 Å². The topological polar surface area (TPSA) is 73.3 Å². The minimum Gasteiger partial charge on any atom is -0.404 e. The predicted octanol–water partition coefficient (Wildman–Crippen LogP) is 3.43. The Morgan fingerprint density at radius 3 is 2.62 bits per heavy atom. The van der Waals surface area contributed by atoms with Crippen LogP contribution >= 0.6 is 11.6 Å². The molecule has 1 spiro atoms. The number of amides is 2. The molecule has 3 aliphatic rings. The summed E-state index contributed by atoms with van der Waals surface area (Å²) in [5.74, 6) is -0.675. The van der Waals surface area contributed by atoms with Crippen LogP contribution in [0.4, 0.5) is 18.9 Å². The van der Waals surface area contributed by atoms with E-state index < -0.39 is 24.3 Å². The monoisotopic (exact) mass is 503 g/mol. The number of carbonyl (C=O) groups is 2. The van der Waals surface area contributed by atoms with E-state index >= 15 is 0 Å². The zero-order valence-electron chi connectivity index (χ0n) is 19.0. The molecule has 0 bridgehead atoms. The number of aliphatic hydroxyl groups excluding tert-OH is 1. The molecule has 1 aromatic rings. The standard InChI is InChI=1S/C23H29ClF3N3O4/c1-15-21(33)28(9-2-3-20(32)29-10-8-22(6-7-22)19(31)14-29)11-12-30(15)16-4-5-17(24)18(13-16)34-23(25,26)27/h4-5,13,15,19,31H,2-3,6-12,14H2,1H3. The van der Waals surface area contributed by atoms with Crippen molar-refractivity contribution in [1.82, 2.24) is 9.80 Å². The van der Waals surface area contributed by atoms with E-state index in [0.717, 1.165) is 19.3 Å². The molecule has 1 aliphatic carbocycles. The average Bonchev–Trinajstić information content (AvgIpc) is 3.55. The lowest BCUT2D eigenvalue weighted by atomic mass is 9.90.